The van der Waals surface area contributed by atoms with Gasteiger partial charge in [0, 0.05) is 6.54 Å². The van der Waals surface area contributed by atoms with Crippen LogP contribution >= 0.6 is 0 Å². The molecule has 2 aromatic carbocycles. The first-order chi connectivity index (χ1) is 14.6. The first-order valence-corrected chi connectivity index (χ1v) is 9.95. The summed E-state index contributed by atoms with van der Waals surface area (Å²) in [7, 11) is 0. The molecule has 2 heterocycles. The Balaban J connectivity index is 1.25. The van der Waals surface area contributed by atoms with E-state index in [2.05, 4.69) is 15.5 Å². The van der Waals surface area contributed by atoms with Crippen molar-refractivity contribution in [1.29, 1.82) is 0 Å². The second-order valence-corrected chi connectivity index (χ2v) is 7.16. The zero-order valence-electron chi connectivity index (χ0n) is 16.4. The molecule has 1 unspecified atom stereocenters. The number of amides is 2. The molecule has 0 aliphatic carbocycles. The molecular formula is C22H23N3O5. The van der Waals surface area contributed by atoms with Gasteiger partial charge in [0.25, 0.3) is 5.91 Å². The minimum absolute atomic E-state index is 0.0531. The summed E-state index contributed by atoms with van der Waals surface area (Å²) >= 11 is 0. The Kier molecular flexibility index (Phi) is 5.83. The SMILES string of the molecule is O=C(COC(=O)c1ccc2c(c1)NC(=O)C1CCCN21)NCCOc1ccccc1. The highest BCUT2D eigenvalue weighted by Crippen LogP contribution is 2.37. The van der Waals surface area contributed by atoms with Gasteiger partial charge < -0.3 is 25.0 Å². The van der Waals surface area contributed by atoms with Crippen molar-refractivity contribution in [3.63, 3.8) is 0 Å². The number of nitrogens with one attached hydrogen (secondary N) is 2. The van der Waals surface area contributed by atoms with Gasteiger partial charge in [0.1, 0.15) is 18.4 Å². The number of carbonyl (C=O) groups excluding carboxylic acids is 3. The third kappa shape index (κ3) is 4.37. The molecule has 2 aliphatic heterocycles. The zero-order valence-corrected chi connectivity index (χ0v) is 16.4. The average Bonchev–Trinajstić information content (AvgIpc) is 3.26. The number of fused-ring (bicyclic) bond motifs is 3. The Hall–Kier alpha value is -3.55. The lowest BCUT2D eigenvalue weighted by Gasteiger charge is -2.33. The van der Waals surface area contributed by atoms with E-state index >= 15 is 0 Å². The first-order valence-electron chi connectivity index (χ1n) is 9.95. The molecule has 2 N–H and O–H groups in total. The van der Waals surface area contributed by atoms with E-state index in [1.807, 2.05) is 36.4 Å². The standard InChI is InChI=1S/C22H23N3O5/c26-20(23-10-12-29-16-5-2-1-3-6-16)14-30-22(28)15-8-9-18-17(13-15)24-21(27)19-7-4-11-25(18)19/h1-3,5-6,8-9,13,19H,4,7,10-12,14H2,(H,23,26)(H,24,27). The van der Waals surface area contributed by atoms with Crippen LogP contribution in [0.3, 0.4) is 0 Å². The van der Waals surface area contributed by atoms with E-state index in [1.54, 1.807) is 12.1 Å². The molecule has 8 heteroatoms. The van der Waals surface area contributed by atoms with Gasteiger partial charge in [-0.2, -0.15) is 0 Å². The van der Waals surface area contributed by atoms with Crippen LogP contribution in [-0.4, -0.2) is 50.1 Å². The number of para-hydroxylation sites is 1. The molecule has 2 aromatic rings. The summed E-state index contributed by atoms with van der Waals surface area (Å²) in [5.41, 5.74) is 1.78. The predicted molar refractivity (Wildman–Crippen MR) is 111 cm³/mol. The Morgan fingerprint density at radius 2 is 2.00 bits per heavy atom. The van der Waals surface area contributed by atoms with Crippen molar-refractivity contribution in [3.05, 3.63) is 54.1 Å². The number of hydrogen-bond acceptors (Lipinski definition) is 6. The summed E-state index contributed by atoms with van der Waals surface area (Å²) in [6.45, 7) is 1.05. The van der Waals surface area contributed by atoms with E-state index < -0.39 is 11.9 Å². The van der Waals surface area contributed by atoms with Crippen LogP contribution in [0, 0.1) is 0 Å². The lowest BCUT2D eigenvalue weighted by Crippen LogP contribution is -2.43. The molecule has 1 fully saturated rings. The van der Waals surface area contributed by atoms with Gasteiger partial charge in [-0.05, 0) is 43.2 Å². The zero-order chi connectivity index (χ0) is 20.9. The molecule has 0 saturated carbocycles. The van der Waals surface area contributed by atoms with Crippen LogP contribution in [-0.2, 0) is 14.3 Å². The van der Waals surface area contributed by atoms with Crippen LogP contribution in [0.25, 0.3) is 0 Å². The normalized spacial score (nSPS) is 16.9. The van der Waals surface area contributed by atoms with Crippen molar-refractivity contribution in [2.45, 2.75) is 18.9 Å². The van der Waals surface area contributed by atoms with E-state index in [4.69, 9.17) is 9.47 Å². The Labute approximate surface area is 174 Å². The van der Waals surface area contributed by atoms with Crippen LogP contribution in [0.5, 0.6) is 5.75 Å². The second-order valence-electron chi connectivity index (χ2n) is 7.16. The van der Waals surface area contributed by atoms with Gasteiger partial charge >= 0.3 is 5.97 Å². The molecule has 8 nitrogen and oxygen atoms in total. The van der Waals surface area contributed by atoms with E-state index in [0.717, 1.165) is 30.8 Å². The highest BCUT2D eigenvalue weighted by molar-refractivity contribution is 6.05. The predicted octanol–water partition coefficient (Wildman–Crippen LogP) is 1.96. The molecule has 0 spiro atoms. The van der Waals surface area contributed by atoms with Crippen LogP contribution in [0.4, 0.5) is 11.4 Å². The maximum Gasteiger partial charge on any atom is 0.338 e. The maximum absolute atomic E-state index is 12.3. The minimum atomic E-state index is -0.619. The van der Waals surface area contributed by atoms with Crippen LogP contribution in [0.1, 0.15) is 23.2 Å². The fourth-order valence-electron chi connectivity index (χ4n) is 3.70. The molecule has 0 bridgehead atoms. The molecule has 4 rings (SSSR count). The van der Waals surface area contributed by atoms with E-state index in [9.17, 15) is 14.4 Å². The van der Waals surface area contributed by atoms with Crippen LogP contribution in [0.15, 0.2) is 48.5 Å². The molecule has 1 saturated heterocycles. The van der Waals surface area contributed by atoms with Crippen molar-refractivity contribution < 1.29 is 23.9 Å². The summed E-state index contributed by atoms with van der Waals surface area (Å²) in [5.74, 6) is -0.363. The van der Waals surface area contributed by atoms with Gasteiger partial charge in [-0.25, -0.2) is 4.79 Å². The summed E-state index contributed by atoms with van der Waals surface area (Å²) in [5, 5.41) is 5.49. The summed E-state index contributed by atoms with van der Waals surface area (Å²) in [4.78, 5) is 38.5. The largest absolute Gasteiger partial charge is 0.492 e. The van der Waals surface area contributed by atoms with Crippen molar-refractivity contribution in [2.75, 3.05) is 36.5 Å². The Bertz CT molecular complexity index is 947. The minimum Gasteiger partial charge on any atom is -0.492 e. The summed E-state index contributed by atoms with van der Waals surface area (Å²) in [6, 6.07) is 14.2. The van der Waals surface area contributed by atoms with Crippen LogP contribution < -0.4 is 20.3 Å². The molecule has 0 aromatic heterocycles. The van der Waals surface area contributed by atoms with E-state index in [0.29, 0.717) is 18.8 Å². The fourth-order valence-corrected chi connectivity index (χ4v) is 3.70. The monoisotopic (exact) mass is 409 g/mol. The van der Waals surface area contributed by atoms with Gasteiger partial charge in [-0.15, -0.1) is 0 Å². The Morgan fingerprint density at radius 1 is 1.17 bits per heavy atom. The van der Waals surface area contributed by atoms with Crippen molar-refractivity contribution in [1.82, 2.24) is 5.32 Å². The lowest BCUT2D eigenvalue weighted by molar-refractivity contribution is -0.124. The summed E-state index contributed by atoms with van der Waals surface area (Å²) < 4.78 is 10.6. The molecule has 2 amide bonds. The second kappa shape index (κ2) is 8.86. The maximum atomic E-state index is 12.3. The smallest absolute Gasteiger partial charge is 0.338 e. The van der Waals surface area contributed by atoms with Gasteiger partial charge in [0.15, 0.2) is 6.61 Å². The number of esters is 1. The average molecular weight is 409 g/mol. The number of hydrogen-bond donors (Lipinski definition) is 2. The van der Waals surface area contributed by atoms with Gasteiger partial charge in [0.05, 0.1) is 23.5 Å². The third-order valence-electron chi connectivity index (χ3n) is 5.13. The molecule has 1 atom stereocenters. The van der Waals surface area contributed by atoms with Crippen molar-refractivity contribution in [2.24, 2.45) is 0 Å². The number of rotatable bonds is 7. The van der Waals surface area contributed by atoms with Crippen molar-refractivity contribution >= 4 is 29.2 Å². The van der Waals surface area contributed by atoms with Crippen LogP contribution in [0.2, 0.25) is 0 Å². The van der Waals surface area contributed by atoms with Gasteiger partial charge in [-0.3, -0.25) is 9.59 Å². The molecular weight excluding hydrogens is 386 g/mol. The highest BCUT2D eigenvalue weighted by Gasteiger charge is 2.36. The first kappa shape index (κ1) is 19.8. The Morgan fingerprint density at radius 3 is 2.83 bits per heavy atom. The van der Waals surface area contributed by atoms with Gasteiger partial charge in [-0.1, -0.05) is 18.2 Å². The van der Waals surface area contributed by atoms with Crippen molar-refractivity contribution in [3.8, 4) is 5.75 Å². The summed E-state index contributed by atoms with van der Waals surface area (Å²) in [6.07, 6.45) is 1.80. The quantitative estimate of drug-likeness (QED) is 0.536. The number of carbonyl (C=O) groups is 3. The lowest BCUT2D eigenvalue weighted by atomic mass is 10.1. The molecule has 0 radical (unpaired) electrons. The molecule has 2 aliphatic rings. The van der Waals surface area contributed by atoms with Gasteiger partial charge in [0.2, 0.25) is 5.91 Å². The number of nitrogens with zero attached hydrogens (tertiary/aromatic N) is 1. The topological polar surface area (TPSA) is 97.0 Å². The van der Waals surface area contributed by atoms with E-state index in [1.165, 1.54) is 0 Å². The third-order valence-corrected chi connectivity index (χ3v) is 5.13. The number of anilines is 2. The number of ether oxygens (including phenoxy) is 2. The number of benzene rings is 2. The molecule has 30 heavy (non-hydrogen) atoms. The molecule has 156 valence electrons. The fraction of sp³-hybridized carbons (Fsp3) is 0.318. The van der Waals surface area contributed by atoms with E-state index in [-0.39, 0.29) is 24.1 Å². The highest BCUT2D eigenvalue weighted by atomic mass is 16.5.